The van der Waals surface area contributed by atoms with Crippen molar-refractivity contribution in [1.29, 1.82) is 0 Å². The molecule has 3 fully saturated rings. The lowest BCUT2D eigenvalue weighted by atomic mass is 9.84. The highest BCUT2D eigenvalue weighted by atomic mass is 32.1. The molecule has 2 N–H and O–H groups in total. The third-order valence-electron chi connectivity index (χ3n) is 7.76. The molecule has 2 aromatic heterocycles. The third-order valence-corrected chi connectivity index (χ3v) is 9.03. The number of likely N-dealkylation sites (tertiary alicyclic amines) is 1. The fourth-order valence-electron chi connectivity index (χ4n) is 6.08. The van der Waals surface area contributed by atoms with Gasteiger partial charge in [0.25, 0.3) is 0 Å². The lowest BCUT2D eigenvalue weighted by Crippen LogP contribution is -2.39. The van der Waals surface area contributed by atoms with Gasteiger partial charge >= 0.3 is 0 Å². The van der Waals surface area contributed by atoms with Gasteiger partial charge in [0.05, 0.1) is 11.5 Å². The second-order valence-corrected chi connectivity index (χ2v) is 10.8. The maximum absolute atomic E-state index is 11.5. The number of hydrogen-bond acceptors (Lipinski definition) is 5. The normalized spacial score (nSPS) is 28.2. The molecule has 0 radical (unpaired) electrons. The van der Waals surface area contributed by atoms with Gasteiger partial charge in [0, 0.05) is 25.0 Å². The smallest absolute Gasteiger partial charge is 0.220 e. The Balaban J connectivity index is 1.41. The first-order valence-electron chi connectivity index (χ1n) is 11.3. The maximum Gasteiger partial charge on any atom is 0.220 e. The predicted octanol–water partition coefficient (Wildman–Crippen LogP) is 4.29. The zero-order valence-electron chi connectivity index (χ0n) is 17.6. The number of piperidine rings is 1. The Bertz CT molecular complexity index is 957. The molecule has 30 heavy (non-hydrogen) atoms. The first kappa shape index (κ1) is 20.4. The molecule has 5 rings (SSSR count). The zero-order valence-corrected chi connectivity index (χ0v) is 19.2. The monoisotopic (exact) mass is 445 g/mol. The van der Waals surface area contributed by atoms with Crippen LogP contribution in [0, 0.1) is 28.4 Å². The summed E-state index contributed by atoms with van der Waals surface area (Å²) in [5, 5.41) is 7.12. The SMILES string of the molecule is C[C@H]([C@H]1C[C@H]2CC[C@H]1C2)n1c(-c2cccs2)nn(CN2CCC(C(N)=O)CC2)c1=S. The third kappa shape index (κ3) is 3.67. The van der Waals surface area contributed by atoms with Crippen molar-refractivity contribution in [3.05, 3.63) is 22.3 Å². The van der Waals surface area contributed by atoms with Crippen LogP contribution in [0.3, 0.4) is 0 Å². The summed E-state index contributed by atoms with van der Waals surface area (Å²) in [6, 6.07) is 4.61. The largest absolute Gasteiger partial charge is 0.369 e. The quantitative estimate of drug-likeness (QED) is 0.673. The van der Waals surface area contributed by atoms with Gasteiger partial charge in [-0.1, -0.05) is 12.5 Å². The van der Waals surface area contributed by atoms with Crippen molar-refractivity contribution in [2.24, 2.45) is 29.4 Å². The molecule has 4 atom stereocenters. The van der Waals surface area contributed by atoms with E-state index in [1.54, 1.807) is 11.3 Å². The summed E-state index contributed by atoms with van der Waals surface area (Å²) in [6.45, 7) is 4.75. The molecule has 0 spiro atoms. The van der Waals surface area contributed by atoms with Gasteiger partial charge in [-0.2, -0.15) is 0 Å². The van der Waals surface area contributed by atoms with E-state index in [2.05, 4.69) is 33.9 Å². The molecule has 2 bridgehead atoms. The fourth-order valence-corrected chi connectivity index (χ4v) is 7.13. The first-order chi connectivity index (χ1) is 14.5. The van der Waals surface area contributed by atoms with Crippen LogP contribution < -0.4 is 5.73 Å². The van der Waals surface area contributed by atoms with Gasteiger partial charge in [-0.05, 0) is 80.4 Å². The molecule has 2 saturated carbocycles. The second-order valence-electron chi connectivity index (χ2n) is 9.47. The van der Waals surface area contributed by atoms with E-state index in [9.17, 15) is 4.79 Å². The Hall–Kier alpha value is -1.51. The summed E-state index contributed by atoms with van der Waals surface area (Å²) < 4.78 is 5.16. The lowest BCUT2D eigenvalue weighted by molar-refractivity contribution is -0.123. The summed E-state index contributed by atoms with van der Waals surface area (Å²) in [7, 11) is 0. The van der Waals surface area contributed by atoms with Crippen molar-refractivity contribution in [2.75, 3.05) is 13.1 Å². The average Bonchev–Trinajstić information content (AvgIpc) is 3.53. The van der Waals surface area contributed by atoms with Crippen LogP contribution in [0.4, 0.5) is 0 Å². The van der Waals surface area contributed by atoms with Crippen LogP contribution in [0.2, 0.25) is 0 Å². The van der Waals surface area contributed by atoms with Gasteiger partial charge < -0.3 is 5.73 Å². The number of amides is 1. The van der Waals surface area contributed by atoms with Gasteiger partial charge in [0.15, 0.2) is 10.6 Å². The van der Waals surface area contributed by atoms with E-state index in [-0.39, 0.29) is 11.8 Å². The Morgan fingerprint density at radius 2 is 2.10 bits per heavy atom. The molecule has 1 amide bonds. The van der Waals surface area contributed by atoms with E-state index in [0.717, 1.165) is 48.4 Å². The van der Waals surface area contributed by atoms with Gasteiger partial charge in [0.2, 0.25) is 5.91 Å². The molecule has 1 saturated heterocycles. The molecule has 2 aliphatic carbocycles. The number of aromatic nitrogens is 3. The first-order valence-corrected chi connectivity index (χ1v) is 12.5. The van der Waals surface area contributed by atoms with Crippen LogP contribution in [-0.4, -0.2) is 38.2 Å². The van der Waals surface area contributed by atoms with Crippen molar-refractivity contribution >= 4 is 29.5 Å². The zero-order chi connectivity index (χ0) is 20.8. The molecule has 3 aliphatic rings. The lowest BCUT2D eigenvalue weighted by Gasteiger charge is -2.30. The van der Waals surface area contributed by atoms with E-state index in [0.29, 0.717) is 18.6 Å². The molecule has 6 nitrogen and oxygen atoms in total. The maximum atomic E-state index is 11.5. The van der Waals surface area contributed by atoms with Crippen LogP contribution in [0.5, 0.6) is 0 Å². The number of fused-ring (bicyclic) bond motifs is 2. The van der Waals surface area contributed by atoms with Crippen molar-refractivity contribution in [1.82, 2.24) is 19.2 Å². The number of carbonyl (C=O) groups is 1. The van der Waals surface area contributed by atoms with E-state index in [1.807, 2.05) is 4.68 Å². The number of nitrogens with zero attached hydrogens (tertiary/aromatic N) is 4. The molecule has 1 aliphatic heterocycles. The molecule has 0 unspecified atom stereocenters. The number of nitrogens with two attached hydrogens (primary N) is 1. The summed E-state index contributed by atoms with van der Waals surface area (Å²) >= 11 is 7.71. The Morgan fingerprint density at radius 1 is 1.30 bits per heavy atom. The highest BCUT2D eigenvalue weighted by Gasteiger charge is 2.43. The van der Waals surface area contributed by atoms with Gasteiger partial charge in [-0.25, -0.2) is 4.68 Å². The topological polar surface area (TPSA) is 69.1 Å². The number of thiophene rings is 1. The fraction of sp³-hybridized carbons (Fsp3) is 0.682. The van der Waals surface area contributed by atoms with E-state index < -0.39 is 0 Å². The Morgan fingerprint density at radius 3 is 2.70 bits per heavy atom. The van der Waals surface area contributed by atoms with E-state index in [1.165, 1.54) is 30.6 Å². The van der Waals surface area contributed by atoms with Crippen molar-refractivity contribution in [3.8, 4) is 10.7 Å². The number of hydrogen-bond donors (Lipinski definition) is 1. The van der Waals surface area contributed by atoms with Crippen LogP contribution >= 0.6 is 23.6 Å². The molecule has 2 aromatic rings. The molecular weight excluding hydrogens is 414 g/mol. The van der Waals surface area contributed by atoms with Gasteiger partial charge in [-0.3, -0.25) is 14.3 Å². The minimum Gasteiger partial charge on any atom is -0.369 e. The van der Waals surface area contributed by atoms with Crippen molar-refractivity contribution in [2.45, 2.75) is 58.2 Å². The minimum atomic E-state index is -0.171. The standard InChI is InChI=1S/C22H31N5OS2/c1-14(18-12-15-4-5-17(18)11-15)27-21(19-3-2-10-30-19)24-26(22(27)29)13-25-8-6-16(7-9-25)20(23)28/h2-3,10,14-18H,4-9,11-13H2,1H3,(H2,23,28)/t14-,15+,17+,18-/m1/s1. The van der Waals surface area contributed by atoms with Crippen molar-refractivity contribution in [3.63, 3.8) is 0 Å². The summed E-state index contributed by atoms with van der Waals surface area (Å²) in [5.41, 5.74) is 5.49. The number of rotatable bonds is 6. The van der Waals surface area contributed by atoms with Crippen molar-refractivity contribution < 1.29 is 4.79 Å². The molecule has 162 valence electrons. The Labute approximate surface area is 187 Å². The molecule has 3 heterocycles. The summed E-state index contributed by atoms with van der Waals surface area (Å²) in [5.74, 6) is 3.32. The minimum absolute atomic E-state index is 0.00581. The summed E-state index contributed by atoms with van der Waals surface area (Å²) in [6.07, 6.45) is 7.18. The number of carbonyl (C=O) groups excluding carboxylic acids is 1. The molecule has 0 aromatic carbocycles. The van der Waals surface area contributed by atoms with Crippen LogP contribution in [0.1, 0.15) is 51.5 Å². The molecular formula is C22H31N5OS2. The predicted molar refractivity (Wildman–Crippen MR) is 122 cm³/mol. The van der Waals surface area contributed by atoms with E-state index in [4.69, 9.17) is 23.1 Å². The van der Waals surface area contributed by atoms with Crippen LogP contribution in [-0.2, 0) is 11.5 Å². The van der Waals surface area contributed by atoms with Gasteiger partial charge in [-0.15, -0.1) is 16.4 Å². The Kier molecular flexibility index (Phi) is 5.58. The van der Waals surface area contributed by atoms with Crippen LogP contribution in [0.25, 0.3) is 10.7 Å². The average molecular weight is 446 g/mol. The van der Waals surface area contributed by atoms with Gasteiger partial charge in [0.1, 0.15) is 0 Å². The highest BCUT2D eigenvalue weighted by molar-refractivity contribution is 7.71. The second kappa shape index (κ2) is 8.20. The number of primary amides is 1. The molecule has 8 heteroatoms. The highest BCUT2D eigenvalue weighted by Crippen LogP contribution is 2.52. The summed E-state index contributed by atoms with van der Waals surface area (Å²) in [4.78, 5) is 15.0. The van der Waals surface area contributed by atoms with Crippen LogP contribution in [0.15, 0.2) is 17.5 Å². The van der Waals surface area contributed by atoms with E-state index >= 15 is 0 Å².